The van der Waals surface area contributed by atoms with Gasteiger partial charge in [0.1, 0.15) is 10.7 Å². The Morgan fingerprint density at radius 3 is 2.67 bits per heavy atom. The van der Waals surface area contributed by atoms with Crippen LogP contribution in [0.5, 0.6) is 5.75 Å². The van der Waals surface area contributed by atoms with Crippen LogP contribution in [0.3, 0.4) is 0 Å². The minimum absolute atomic E-state index is 0.401. The monoisotopic (exact) mass is 304 g/mol. The standard InChI is InChI=1S/C17H24N2OS/c18-17(21)15-7-1-2-8-16(15)20-10-4-9-19-11-13-5-3-6-14(13)12-19/h1-2,7-8,13-14H,3-6,9-12H2,(H2,18,21). The molecule has 1 heterocycles. The van der Waals surface area contributed by atoms with Crippen molar-refractivity contribution in [2.24, 2.45) is 17.6 Å². The highest BCUT2D eigenvalue weighted by Gasteiger charge is 2.35. The Morgan fingerprint density at radius 2 is 1.95 bits per heavy atom. The van der Waals surface area contributed by atoms with Crippen LogP contribution in [0.15, 0.2) is 24.3 Å². The lowest BCUT2D eigenvalue weighted by Crippen LogP contribution is -2.24. The molecule has 1 saturated carbocycles. The summed E-state index contributed by atoms with van der Waals surface area (Å²) in [4.78, 5) is 3.01. The number of fused-ring (bicyclic) bond motifs is 1. The lowest BCUT2D eigenvalue weighted by Gasteiger charge is -2.17. The molecule has 0 bridgehead atoms. The van der Waals surface area contributed by atoms with Gasteiger partial charge in [-0.2, -0.15) is 0 Å². The fourth-order valence-corrected chi connectivity index (χ4v) is 3.95. The first-order valence-electron chi connectivity index (χ1n) is 7.98. The summed E-state index contributed by atoms with van der Waals surface area (Å²) in [6.07, 6.45) is 5.39. The summed E-state index contributed by atoms with van der Waals surface area (Å²) >= 11 is 5.05. The molecule has 2 aliphatic rings. The van der Waals surface area contributed by atoms with Crippen molar-refractivity contribution in [3.8, 4) is 5.75 Å². The fraction of sp³-hybridized carbons (Fsp3) is 0.588. The molecule has 2 N–H and O–H groups in total. The molecule has 4 heteroatoms. The maximum Gasteiger partial charge on any atom is 0.129 e. The van der Waals surface area contributed by atoms with Crippen molar-refractivity contribution in [2.45, 2.75) is 25.7 Å². The van der Waals surface area contributed by atoms with Crippen LogP contribution in [0, 0.1) is 11.8 Å². The second-order valence-corrected chi connectivity index (χ2v) is 6.71. The number of likely N-dealkylation sites (tertiary alicyclic amines) is 1. The van der Waals surface area contributed by atoms with Gasteiger partial charge in [-0.15, -0.1) is 0 Å². The predicted octanol–water partition coefficient (Wildman–Crippen LogP) is 2.82. The number of benzene rings is 1. The quantitative estimate of drug-likeness (QED) is 0.648. The SMILES string of the molecule is NC(=S)c1ccccc1OCCCN1CC2CCCC2C1. The number of nitrogens with zero attached hydrogens (tertiary/aromatic N) is 1. The zero-order chi connectivity index (χ0) is 14.7. The van der Waals surface area contributed by atoms with Crippen LogP contribution in [-0.4, -0.2) is 36.1 Å². The minimum atomic E-state index is 0.401. The van der Waals surface area contributed by atoms with E-state index >= 15 is 0 Å². The third-order valence-corrected chi connectivity index (χ3v) is 5.05. The molecule has 0 spiro atoms. The summed E-state index contributed by atoms with van der Waals surface area (Å²) < 4.78 is 5.86. The fourth-order valence-electron chi connectivity index (χ4n) is 3.78. The van der Waals surface area contributed by atoms with Gasteiger partial charge in [0.05, 0.1) is 12.2 Å². The molecule has 2 unspecified atom stereocenters. The Bertz CT molecular complexity index is 493. The third kappa shape index (κ3) is 3.55. The van der Waals surface area contributed by atoms with Gasteiger partial charge in [-0.1, -0.05) is 30.8 Å². The number of ether oxygens (including phenoxy) is 1. The Morgan fingerprint density at radius 1 is 1.24 bits per heavy atom. The van der Waals surface area contributed by atoms with Gasteiger partial charge >= 0.3 is 0 Å². The summed E-state index contributed by atoms with van der Waals surface area (Å²) in [5, 5.41) is 0. The average Bonchev–Trinajstić information content (AvgIpc) is 3.05. The van der Waals surface area contributed by atoms with E-state index in [9.17, 15) is 0 Å². The van der Waals surface area contributed by atoms with E-state index in [2.05, 4.69) is 4.90 Å². The Kier molecular flexibility index (Phi) is 4.76. The van der Waals surface area contributed by atoms with Gasteiger partial charge in [0.25, 0.3) is 0 Å². The normalized spacial score (nSPS) is 25.0. The van der Waals surface area contributed by atoms with E-state index in [4.69, 9.17) is 22.7 Å². The second kappa shape index (κ2) is 6.75. The van der Waals surface area contributed by atoms with Crippen LogP contribution in [0.4, 0.5) is 0 Å². The highest BCUT2D eigenvalue weighted by Crippen LogP contribution is 2.37. The molecule has 0 radical (unpaired) electrons. The van der Waals surface area contributed by atoms with Crippen molar-refractivity contribution in [1.29, 1.82) is 0 Å². The van der Waals surface area contributed by atoms with Crippen LogP contribution >= 0.6 is 12.2 Å². The first kappa shape index (κ1) is 14.8. The minimum Gasteiger partial charge on any atom is -0.493 e. The van der Waals surface area contributed by atoms with Crippen molar-refractivity contribution in [3.63, 3.8) is 0 Å². The molecule has 0 aromatic heterocycles. The lowest BCUT2D eigenvalue weighted by molar-refractivity contribution is 0.253. The van der Waals surface area contributed by atoms with Crippen LogP contribution in [0.1, 0.15) is 31.2 Å². The van der Waals surface area contributed by atoms with E-state index in [1.165, 1.54) is 32.4 Å². The zero-order valence-corrected chi connectivity index (χ0v) is 13.3. The van der Waals surface area contributed by atoms with E-state index in [1.807, 2.05) is 24.3 Å². The van der Waals surface area contributed by atoms with Gasteiger partial charge in [-0.25, -0.2) is 0 Å². The predicted molar refractivity (Wildman–Crippen MR) is 89.7 cm³/mol. The highest BCUT2D eigenvalue weighted by molar-refractivity contribution is 7.80. The topological polar surface area (TPSA) is 38.5 Å². The zero-order valence-electron chi connectivity index (χ0n) is 12.5. The second-order valence-electron chi connectivity index (χ2n) is 6.27. The maximum absolute atomic E-state index is 5.86. The van der Waals surface area contributed by atoms with Crippen molar-refractivity contribution in [3.05, 3.63) is 29.8 Å². The molecular formula is C17H24N2OS. The number of nitrogens with two attached hydrogens (primary N) is 1. The van der Waals surface area contributed by atoms with Crippen molar-refractivity contribution in [1.82, 2.24) is 4.90 Å². The van der Waals surface area contributed by atoms with Crippen LogP contribution < -0.4 is 10.5 Å². The van der Waals surface area contributed by atoms with Crippen molar-refractivity contribution >= 4 is 17.2 Å². The van der Waals surface area contributed by atoms with Gasteiger partial charge in [0.2, 0.25) is 0 Å². The van der Waals surface area contributed by atoms with E-state index in [1.54, 1.807) is 0 Å². The molecule has 0 amide bonds. The Labute approximate surface area is 132 Å². The highest BCUT2D eigenvalue weighted by atomic mass is 32.1. The molecule has 3 nitrogen and oxygen atoms in total. The van der Waals surface area contributed by atoms with Crippen LogP contribution in [0.25, 0.3) is 0 Å². The first-order chi connectivity index (χ1) is 10.2. The first-order valence-corrected chi connectivity index (χ1v) is 8.39. The molecule has 1 aromatic rings. The van der Waals surface area contributed by atoms with Crippen LogP contribution in [0.2, 0.25) is 0 Å². The molecule has 1 aliphatic carbocycles. The Balaban J connectivity index is 1.42. The molecular weight excluding hydrogens is 280 g/mol. The molecule has 3 rings (SSSR count). The summed E-state index contributed by atoms with van der Waals surface area (Å²) in [5.74, 6) is 2.76. The Hall–Kier alpha value is -1.13. The molecule has 2 fully saturated rings. The number of thiocarbonyl (C=S) groups is 1. The number of para-hydroxylation sites is 1. The van der Waals surface area contributed by atoms with Gasteiger partial charge in [-0.3, -0.25) is 0 Å². The number of hydrogen-bond donors (Lipinski definition) is 1. The average molecular weight is 304 g/mol. The largest absolute Gasteiger partial charge is 0.493 e. The summed E-state index contributed by atoms with van der Waals surface area (Å²) in [6.45, 7) is 4.47. The summed E-state index contributed by atoms with van der Waals surface area (Å²) in [5.41, 5.74) is 6.55. The molecule has 1 aromatic carbocycles. The smallest absolute Gasteiger partial charge is 0.129 e. The molecule has 1 aliphatic heterocycles. The molecule has 1 saturated heterocycles. The molecule has 114 valence electrons. The van der Waals surface area contributed by atoms with E-state index in [-0.39, 0.29) is 0 Å². The van der Waals surface area contributed by atoms with Crippen molar-refractivity contribution < 1.29 is 4.74 Å². The molecule has 2 atom stereocenters. The molecule has 21 heavy (non-hydrogen) atoms. The van der Waals surface area contributed by atoms with Gasteiger partial charge in [-0.05, 0) is 43.2 Å². The third-order valence-electron chi connectivity index (χ3n) is 4.83. The number of rotatable bonds is 6. The van der Waals surface area contributed by atoms with Crippen LogP contribution in [-0.2, 0) is 0 Å². The number of hydrogen-bond acceptors (Lipinski definition) is 3. The van der Waals surface area contributed by atoms with Gasteiger partial charge in [0.15, 0.2) is 0 Å². The maximum atomic E-state index is 5.86. The van der Waals surface area contributed by atoms with Gasteiger partial charge < -0.3 is 15.4 Å². The van der Waals surface area contributed by atoms with E-state index in [0.717, 1.165) is 42.7 Å². The lowest BCUT2D eigenvalue weighted by atomic mass is 10.0. The van der Waals surface area contributed by atoms with Crippen molar-refractivity contribution in [2.75, 3.05) is 26.2 Å². The van der Waals surface area contributed by atoms with E-state index in [0.29, 0.717) is 4.99 Å². The van der Waals surface area contributed by atoms with Gasteiger partial charge in [0, 0.05) is 19.6 Å². The summed E-state index contributed by atoms with van der Waals surface area (Å²) in [6, 6.07) is 7.75. The summed E-state index contributed by atoms with van der Waals surface area (Å²) in [7, 11) is 0. The van der Waals surface area contributed by atoms with E-state index < -0.39 is 0 Å².